The lowest BCUT2D eigenvalue weighted by Crippen LogP contribution is -2.03. The van der Waals surface area contributed by atoms with E-state index in [1.165, 1.54) is 22.3 Å². The van der Waals surface area contributed by atoms with E-state index in [4.69, 9.17) is 14.7 Å². The molecule has 0 bridgehead atoms. The number of hydrogen-bond acceptors (Lipinski definition) is 6. The Kier molecular flexibility index (Phi) is 13.2. The van der Waals surface area contributed by atoms with Crippen molar-refractivity contribution in [3.63, 3.8) is 0 Å². The number of tetrazole rings is 1. The molecule has 1 aromatic heterocycles. The molecule has 5 rings (SSSR count). The predicted octanol–water partition coefficient (Wildman–Crippen LogP) is 8.03. The van der Waals surface area contributed by atoms with E-state index < -0.39 is 0 Å². The van der Waals surface area contributed by atoms with Crippen LogP contribution in [0, 0.1) is 48.9 Å². The van der Waals surface area contributed by atoms with Gasteiger partial charge in [-0.25, -0.2) is 0 Å². The highest BCUT2D eigenvalue weighted by molar-refractivity contribution is 5.36. The van der Waals surface area contributed by atoms with Gasteiger partial charge in [0.25, 0.3) is 0 Å². The smallest absolute Gasteiger partial charge is 0.176 e. The van der Waals surface area contributed by atoms with Gasteiger partial charge in [0, 0.05) is 6.42 Å². The van der Waals surface area contributed by atoms with Crippen LogP contribution in [0.15, 0.2) is 97.1 Å². The zero-order chi connectivity index (χ0) is 33.3. The molecule has 7 nitrogen and oxygen atoms in total. The summed E-state index contributed by atoms with van der Waals surface area (Å²) >= 11 is 0. The van der Waals surface area contributed by atoms with Crippen LogP contribution in [0.25, 0.3) is 0 Å². The number of H-pyrrole nitrogens is 1. The van der Waals surface area contributed by atoms with Gasteiger partial charge in [-0.3, -0.25) is 0 Å². The molecule has 0 spiro atoms. The van der Waals surface area contributed by atoms with E-state index in [1.54, 1.807) is 6.92 Å². The van der Waals surface area contributed by atoms with E-state index in [-0.39, 0.29) is 11.8 Å². The van der Waals surface area contributed by atoms with Gasteiger partial charge in [0.05, 0.1) is 24.3 Å². The van der Waals surface area contributed by atoms with Gasteiger partial charge in [-0.2, -0.15) is 10.5 Å². The highest BCUT2D eigenvalue weighted by atomic mass is 16.5. The standard InChI is InChI=1S/C20H20N4O.C20H19NO/c1-3-6-17(13-20-21-23-24-22-20)16-9-11-19(12-10-16)25-14-18-8-5-4-7-15(18)2;1-3-6-17(13-14-21)18-9-11-20(12-10-18)22-15-19-8-5-4-7-16(19)2/h4-5,7-12,17H,13-14H2,1-2H3,(H,21,22,23,24);4-5,7-12,17H,13,15H2,1-2H3. The number of ether oxygens (including phenoxy) is 2. The summed E-state index contributed by atoms with van der Waals surface area (Å²) in [6.45, 7) is 8.92. The van der Waals surface area contributed by atoms with Gasteiger partial charge in [0.1, 0.15) is 24.7 Å². The molecule has 1 heterocycles. The topological polar surface area (TPSA) is 96.7 Å². The molecule has 0 fully saturated rings. The zero-order valence-electron chi connectivity index (χ0n) is 27.3. The van der Waals surface area contributed by atoms with Gasteiger partial charge in [-0.15, -0.1) is 22.0 Å². The fraction of sp³-hybridized carbons (Fsp3) is 0.250. The molecular formula is C40H39N5O2. The fourth-order valence-electron chi connectivity index (χ4n) is 4.85. The van der Waals surface area contributed by atoms with Crippen molar-refractivity contribution in [2.45, 2.75) is 65.6 Å². The van der Waals surface area contributed by atoms with Gasteiger partial charge < -0.3 is 9.47 Å². The normalized spacial score (nSPS) is 11.2. The quantitative estimate of drug-likeness (QED) is 0.150. The minimum atomic E-state index is -0.0274. The molecule has 2 unspecified atom stereocenters. The fourth-order valence-corrected chi connectivity index (χ4v) is 4.85. The maximum Gasteiger partial charge on any atom is 0.176 e. The van der Waals surface area contributed by atoms with Crippen molar-refractivity contribution in [1.29, 1.82) is 5.26 Å². The Labute approximate surface area is 278 Å². The van der Waals surface area contributed by atoms with Crippen LogP contribution in [0.4, 0.5) is 0 Å². The van der Waals surface area contributed by atoms with Crippen LogP contribution in [-0.4, -0.2) is 20.6 Å². The summed E-state index contributed by atoms with van der Waals surface area (Å²) in [7, 11) is 0. The first kappa shape index (κ1) is 34.0. The molecule has 7 heteroatoms. The van der Waals surface area contributed by atoms with Crippen molar-refractivity contribution in [3.8, 4) is 41.2 Å². The van der Waals surface area contributed by atoms with Crippen LogP contribution in [0.3, 0.4) is 0 Å². The maximum absolute atomic E-state index is 8.87. The Morgan fingerprint density at radius 3 is 1.62 bits per heavy atom. The number of nitrogens with one attached hydrogen (secondary N) is 1. The van der Waals surface area contributed by atoms with Crippen molar-refractivity contribution in [3.05, 3.63) is 136 Å². The summed E-state index contributed by atoms with van der Waals surface area (Å²) in [6, 6.07) is 34.5. The minimum absolute atomic E-state index is 0.0274. The summed E-state index contributed by atoms with van der Waals surface area (Å²) in [5.74, 6) is 14.5. The Balaban J connectivity index is 0.000000215. The highest BCUT2D eigenvalue weighted by Crippen LogP contribution is 2.24. The first-order valence-corrected chi connectivity index (χ1v) is 15.5. The maximum atomic E-state index is 8.87. The SMILES string of the molecule is CC#CC(CC#N)c1ccc(OCc2ccccc2C)cc1.CC#CC(Cc1nn[nH]n1)c1ccc(OCc2ccccc2C)cc1. The lowest BCUT2D eigenvalue weighted by Gasteiger charge is -2.12. The number of benzene rings is 4. The molecule has 1 N–H and O–H groups in total. The van der Waals surface area contributed by atoms with Crippen molar-refractivity contribution in [2.24, 2.45) is 0 Å². The number of nitrogens with zero attached hydrogens (tertiary/aromatic N) is 4. The summed E-state index contributed by atoms with van der Waals surface area (Å²) in [5, 5.41) is 23.0. The predicted molar refractivity (Wildman–Crippen MR) is 184 cm³/mol. The van der Waals surface area contributed by atoms with E-state index in [1.807, 2.05) is 79.7 Å². The number of rotatable bonds is 11. The van der Waals surface area contributed by atoms with E-state index in [0.29, 0.717) is 31.9 Å². The molecule has 4 aromatic carbocycles. The molecule has 47 heavy (non-hydrogen) atoms. The molecule has 0 radical (unpaired) electrons. The van der Waals surface area contributed by atoms with E-state index >= 15 is 0 Å². The third-order valence-corrected chi connectivity index (χ3v) is 7.58. The van der Waals surface area contributed by atoms with E-state index in [9.17, 15) is 0 Å². The number of aromatic nitrogens is 4. The average Bonchev–Trinajstić information content (AvgIpc) is 3.61. The molecule has 2 atom stereocenters. The number of aryl methyl sites for hydroxylation is 2. The summed E-state index contributed by atoms with van der Waals surface area (Å²) in [5.41, 5.74) is 7.01. The van der Waals surface area contributed by atoms with Crippen LogP contribution in [-0.2, 0) is 19.6 Å². The van der Waals surface area contributed by atoms with Crippen LogP contribution < -0.4 is 9.47 Å². The van der Waals surface area contributed by atoms with Crippen LogP contribution in [0.2, 0.25) is 0 Å². The van der Waals surface area contributed by atoms with Gasteiger partial charge in [0.2, 0.25) is 0 Å². The molecule has 0 amide bonds. The molecule has 236 valence electrons. The second kappa shape index (κ2) is 18.2. The monoisotopic (exact) mass is 621 g/mol. The lowest BCUT2D eigenvalue weighted by molar-refractivity contribution is 0.305. The van der Waals surface area contributed by atoms with Crippen LogP contribution in [0.5, 0.6) is 11.5 Å². The third-order valence-electron chi connectivity index (χ3n) is 7.58. The largest absolute Gasteiger partial charge is 0.489 e. The first-order valence-electron chi connectivity index (χ1n) is 15.5. The van der Waals surface area contributed by atoms with Gasteiger partial charge >= 0.3 is 0 Å². The molecule has 5 aromatic rings. The van der Waals surface area contributed by atoms with Gasteiger partial charge in [-0.05, 0) is 85.3 Å². The van der Waals surface area contributed by atoms with E-state index in [2.05, 4.69) is 88.5 Å². The molecule has 0 aliphatic heterocycles. The Bertz CT molecular complexity index is 1850. The molecule has 0 aliphatic rings. The number of hydrogen-bond donors (Lipinski definition) is 1. The Morgan fingerprint density at radius 2 is 1.17 bits per heavy atom. The van der Waals surface area contributed by atoms with Crippen LogP contribution >= 0.6 is 0 Å². The molecular weight excluding hydrogens is 582 g/mol. The van der Waals surface area contributed by atoms with Crippen molar-refractivity contribution >= 4 is 0 Å². The van der Waals surface area contributed by atoms with Crippen molar-refractivity contribution in [1.82, 2.24) is 20.6 Å². The Hall–Kier alpha value is -5.84. The average molecular weight is 622 g/mol. The number of nitriles is 1. The second-order valence-electron chi connectivity index (χ2n) is 10.9. The minimum Gasteiger partial charge on any atom is -0.489 e. The molecule has 0 aliphatic carbocycles. The third kappa shape index (κ3) is 10.6. The van der Waals surface area contributed by atoms with Crippen LogP contribution in [0.1, 0.15) is 71.3 Å². The molecule has 0 saturated carbocycles. The van der Waals surface area contributed by atoms with Crippen molar-refractivity contribution < 1.29 is 9.47 Å². The molecule has 0 saturated heterocycles. The lowest BCUT2D eigenvalue weighted by atomic mass is 9.96. The van der Waals surface area contributed by atoms with Gasteiger partial charge in [-0.1, -0.05) is 89.9 Å². The van der Waals surface area contributed by atoms with Crippen molar-refractivity contribution in [2.75, 3.05) is 0 Å². The zero-order valence-corrected chi connectivity index (χ0v) is 27.3. The highest BCUT2D eigenvalue weighted by Gasteiger charge is 2.13. The summed E-state index contributed by atoms with van der Waals surface area (Å²) < 4.78 is 11.7. The summed E-state index contributed by atoms with van der Waals surface area (Å²) in [4.78, 5) is 0. The first-order chi connectivity index (χ1) is 23.0. The van der Waals surface area contributed by atoms with Gasteiger partial charge in [0.15, 0.2) is 5.82 Å². The summed E-state index contributed by atoms with van der Waals surface area (Å²) in [6.07, 6.45) is 1.03. The van der Waals surface area contributed by atoms with E-state index in [0.717, 1.165) is 22.6 Å². The second-order valence-corrected chi connectivity index (χ2v) is 10.9. The number of aromatic amines is 1. The Morgan fingerprint density at radius 1 is 0.681 bits per heavy atom.